The molecule has 1 fully saturated rings. The second-order valence-electron chi connectivity index (χ2n) is 6.21. The van der Waals surface area contributed by atoms with Gasteiger partial charge >= 0.3 is 0 Å². The highest BCUT2D eigenvalue weighted by Crippen LogP contribution is 2.36. The van der Waals surface area contributed by atoms with Gasteiger partial charge < -0.3 is 10.4 Å². The molecule has 0 saturated heterocycles. The Hall–Kier alpha value is -1.92. The topological polar surface area (TPSA) is 80.0 Å². The predicted octanol–water partition coefficient (Wildman–Crippen LogP) is 2.47. The molecule has 1 saturated carbocycles. The van der Waals surface area contributed by atoms with E-state index >= 15 is 0 Å². The Morgan fingerprint density at radius 1 is 1.42 bits per heavy atom. The number of aromatic nitrogens is 3. The lowest BCUT2D eigenvalue weighted by Gasteiger charge is -2.25. The zero-order chi connectivity index (χ0) is 16.9. The highest BCUT2D eigenvalue weighted by molar-refractivity contribution is 6.30. The molecule has 24 heavy (non-hydrogen) atoms. The monoisotopic (exact) mass is 348 g/mol. The summed E-state index contributed by atoms with van der Waals surface area (Å²) in [4.78, 5) is 12.4. The molecule has 1 aliphatic rings. The molecule has 7 heteroatoms. The van der Waals surface area contributed by atoms with Crippen molar-refractivity contribution < 1.29 is 9.90 Å². The number of rotatable bonds is 6. The van der Waals surface area contributed by atoms with E-state index in [9.17, 15) is 4.79 Å². The first-order valence-corrected chi connectivity index (χ1v) is 8.58. The number of nitrogens with one attached hydrogen (secondary N) is 1. The van der Waals surface area contributed by atoms with E-state index in [0.717, 1.165) is 18.4 Å². The zero-order valence-corrected chi connectivity index (χ0v) is 14.1. The van der Waals surface area contributed by atoms with Crippen molar-refractivity contribution in [1.82, 2.24) is 20.3 Å². The molecule has 0 aliphatic heterocycles. The third-order valence-electron chi connectivity index (χ3n) is 4.45. The first-order valence-electron chi connectivity index (χ1n) is 8.20. The number of amides is 1. The summed E-state index contributed by atoms with van der Waals surface area (Å²) in [7, 11) is 0. The molecule has 3 rings (SSSR count). The van der Waals surface area contributed by atoms with Gasteiger partial charge in [-0.15, -0.1) is 5.10 Å². The van der Waals surface area contributed by atoms with Crippen LogP contribution in [0.4, 0.5) is 0 Å². The van der Waals surface area contributed by atoms with Gasteiger partial charge in [0.2, 0.25) is 5.91 Å². The standard InChI is InChI=1S/C17H21ClN4O2/c18-14-7-3-6-13(8-14)17(12-4-1-2-5-12)19-16(24)10-22-9-15(11-23)20-21-22/h3,6-9,12,17,23H,1-2,4-5,10-11H2,(H,19,24)/t17-/m0/s1. The summed E-state index contributed by atoms with van der Waals surface area (Å²) in [5.74, 6) is 0.303. The molecular weight excluding hydrogens is 328 g/mol. The maximum atomic E-state index is 12.4. The minimum absolute atomic E-state index is 0.0421. The van der Waals surface area contributed by atoms with E-state index < -0.39 is 0 Å². The van der Waals surface area contributed by atoms with E-state index in [1.807, 2.05) is 24.3 Å². The second kappa shape index (κ2) is 7.77. The molecule has 2 N–H and O–H groups in total. The van der Waals surface area contributed by atoms with Crippen molar-refractivity contribution in [3.8, 4) is 0 Å². The van der Waals surface area contributed by atoms with Crippen molar-refractivity contribution in [2.75, 3.05) is 0 Å². The summed E-state index contributed by atoms with van der Waals surface area (Å²) >= 11 is 6.12. The molecule has 2 aromatic rings. The van der Waals surface area contributed by atoms with Crippen molar-refractivity contribution in [3.63, 3.8) is 0 Å². The van der Waals surface area contributed by atoms with Gasteiger partial charge in [0.25, 0.3) is 0 Å². The van der Waals surface area contributed by atoms with Crippen LogP contribution in [0.25, 0.3) is 0 Å². The molecule has 1 aliphatic carbocycles. The van der Waals surface area contributed by atoms with Crippen LogP contribution in [0.3, 0.4) is 0 Å². The molecule has 0 radical (unpaired) electrons. The first kappa shape index (κ1) is 16.9. The van der Waals surface area contributed by atoms with Crippen molar-refractivity contribution in [2.45, 2.75) is 44.9 Å². The Morgan fingerprint density at radius 3 is 2.88 bits per heavy atom. The van der Waals surface area contributed by atoms with Crippen LogP contribution in [0.1, 0.15) is 43.0 Å². The number of hydrogen-bond acceptors (Lipinski definition) is 4. The third-order valence-corrected chi connectivity index (χ3v) is 4.68. The van der Waals surface area contributed by atoms with Crippen LogP contribution >= 0.6 is 11.6 Å². The predicted molar refractivity (Wildman–Crippen MR) is 90.2 cm³/mol. The van der Waals surface area contributed by atoms with E-state index in [2.05, 4.69) is 15.6 Å². The van der Waals surface area contributed by atoms with Gasteiger partial charge in [0.05, 0.1) is 18.8 Å². The number of carbonyl (C=O) groups is 1. The number of aliphatic hydroxyl groups is 1. The van der Waals surface area contributed by atoms with Gasteiger partial charge in [0.1, 0.15) is 12.2 Å². The second-order valence-corrected chi connectivity index (χ2v) is 6.65. The molecule has 1 amide bonds. The minimum Gasteiger partial charge on any atom is -0.390 e. The van der Waals surface area contributed by atoms with Crippen molar-refractivity contribution in [1.29, 1.82) is 0 Å². The lowest BCUT2D eigenvalue weighted by Crippen LogP contribution is -2.35. The van der Waals surface area contributed by atoms with Crippen LogP contribution in [0.15, 0.2) is 30.5 Å². The lowest BCUT2D eigenvalue weighted by atomic mass is 9.91. The van der Waals surface area contributed by atoms with Crippen LogP contribution < -0.4 is 5.32 Å². The Kier molecular flexibility index (Phi) is 5.48. The maximum Gasteiger partial charge on any atom is 0.242 e. The summed E-state index contributed by atoms with van der Waals surface area (Å²) in [5, 5.41) is 20.4. The number of carbonyl (C=O) groups excluding carboxylic acids is 1. The number of hydrogen-bond donors (Lipinski definition) is 2. The molecule has 0 spiro atoms. The average Bonchev–Trinajstić information content (AvgIpc) is 3.24. The molecule has 1 atom stereocenters. The van der Waals surface area contributed by atoms with E-state index in [1.54, 1.807) is 6.20 Å². The fraction of sp³-hybridized carbons (Fsp3) is 0.471. The maximum absolute atomic E-state index is 12.4. The fourth-order valence-electron chi connectivity index (χ4n) is 3.32. The van der Waals surface area contributed by atoms with Crippen LogP contribution in [-0.4, -0.2) is 26.0 Å². The normalized spacial score (nSPS) is 16.2. The van der Waals surface area contributed by atoms with E-state index in [-0.39, 0.29) is 25.1 Å². The highest BCUT2D eigenvalue weighted by Gasteiger charge is 2.28. The summed E-state index contributed by atoms with van der Waals surface area (Å²) in [5.41, 5.74) is 1.49. The molecule has 1 heterocycles. The zero-order valence-electron chi connectivity index (χ0n) is 13.4. The Balaban J connectivity index is 1.72. The molecule has 1 aromatic heterocycles. The molecule has 128 valence electrons. The molecule has 0 bridgehead atoms. The van der Waals surface area contributed by atoms with E-state index in [4.69, 9.17) is 16.7 Å². The number of halogens is 1. The van der Waals surface area contributed by atoms with Crippen LogP contribution in [-0.2, 0) is 17.9 Å². The van der Waals surface area contributed by atoms with Gasteiger partial charge in [-0.3, -0.25) is 4.79 Å². The highest BCUT2D eigenvalue weighted by atomic mass is 35.5. The fourth-order valence-corrected chi connectivity index (χ4v) is 3.52. The van der Waals surface area contributed by atoms with Gasteiger partial charge in [-0.05, 0) is 36.5 Å². The number of nitrogens with zero attached hydrogens (tertiary/aromatic N) is 3. The lowest BCUT2D eigenvalue weighted by molar-refractivity contribution is -0.123. The third kappa shape index (κ3) is 4.13. The summed E-state index contributed by atoms with van der Waals surface area (Å²) in [6.45, 7) is -0.106. The summed E-state index contributed by atoms with van der Waals surface area (Å²) < 4.78 is 1.44. The van der Waals surface area contributed by atoms with Crippen molar-refractivity contribution >= 4 is 17.5 Å². The number of benzene rings is 1. The largest absolute Gasteiger partial charge is 0.390 e. The average molecular weight is 349 g/mol. The Labute approximate surface area is 145 Å². The van der Waals surface area contributed by atoms with Gasteiger partial charge in [0, 0.05) is 5.02 Å². The van der Waals surface area contributed by atoms with Gasteiger partial charge in [-0.1, -0.05) is 41.8 Å². The molecule has 6 nitrogen and oxygen atoms in total. The first-order chi connectivity index (χ1) is 11.7. The van der Waals surface area contributed by atoms with Crippen LogP contribution in [0, 0.1) is 5.92 Å². The Morgan fingerprint density at radius 2 is 2.21 bits per heavy atom. The van der Waals surface area contributed by atoms with Crippen molar-refractivity contribution in [3.05, 3.63) is 46.7 Å². The SMILES string of the molecule is O=C(Cn1cc(CO)nn1)N[C@H](c1cccc(Cl)c1)C1CCCC1. The summed E-state index contributed by atoms with van der Waals surface area (Å²) in [6, 6.07) is 7.64. The van der Waals surface area contributed by atoms with E-state index in [1.165, 1.54) is 17.5 Å². The smallest absolute Gasteiger partial charge is 0.242 e. The molecule has 1 aromatic carbocycles. The minimum atomic E-state index is -0.186. The van der Waals surface area contributed by atoms with Gasteiger partial charge in [-0.2, -0.15) is 0 Å². The van der Waals surface area contributed by atoms with Gasteiger partial charge in [0.15, 0.2) is 0 Å². The summed E-state index contributed by atoms with van der Waals surface area (Å²) in [6.07, 6.45) is 6.18. The number of aliphatic hydroxyl groups excluding tert-OH is 1. The Bertz CT molecular complexity index is 697. The molecular formula is C17H21ClN4O2. The van der Waals surface area contributed by atoms with Gasteiger partial charge in [-0.25, -0.2) is 4.68 Å². The quantitative estimate of drug-likeness (QED) is 0.840. The molecule has 0 unspecified atom stereocenters. The van der Waals surface area contributed by atoms with Crippen LogP contribution in [0.2, 0.25) is 5.02 Å². The van der Waals surface area contributed by atoms with Crippen LogP contribution in [0.5, 0.6) is 0 Å². The van der Waals surface area contributed by atoms with E-state index in [0.29, 0.717) is 16.6 Å². The van der Waals surface area contributed by atoms with Crippen molar-refractivity contribution in [2.24, 2.45) is 5.92 Å².